The van der Waals surface area contributed by atoms with E-state index in [1.807, 2.05) is 19.3 Å². The van der Waals surface area contributed by atoms with Gasteiger partial charge in [-0.05, 0) is 57.7 Å². The van der Waals surface area contributed by atoms with E-state index in [2.05, 4.69) is 63.2 Å². The molecule has 0 aliphatic carbocycles. The summed E-state index contributed by atoms with van der Waals surface area (Å²) in [6.45, 7) is 12.3. The second kappa shape index (κ2) is 13.7. The molecule has 1 unspecified atom stereocenters. The van der Waals surface area contributed by atoms with Gasteiger partial charge < -0.3 is 20.1 Å². The Labute approximate surface area is 204 Å². The summed E-state index contributed by atoms with van der Waals surface area (Å²) < 4.78 is 2.16. The van der Waals surface area contributed by atoms with Gasteiger partial charge in [-0.15, -0.1) is 24.0 Å². The van der Waals surface area contributed by atoms with Gasteiger partial charge >= 0.3 is 0 Å². The predicted molar refractivity (Wildman–Crippen MR) is 140 cm³/mol. The number of aryl methyl sites for hydroxylation is 1. The molecule has 6 nitrogen and oxygen atoms in total. The Kier molecular flexibility index (Phi) is 11.4. The van der Waals surface area contributed by atoms with Crippen molar-refractivity contribution >= 4 is 29.9 Å². The lowest BCUT2D eigenvalue weighted by molar-refractivity contribution is 0.159. The molecule has 1 aliphatic rings. The van der Waals surface area contributed by atoms with E-state index in [1.165, 1.54) is 43.5 Å². The lowest BCUT2D eigenvalue weighted by Gasteiger charge is -2.33. The van der Waals surface area contributed by atoms with Crippen molar-refractivity contribution in [2.45, 2.75) is 65.6 Å². The Balaban J connectivity index is 0.00000341. The minimum Gasteiger partial charge on any atom is -0.357 e. The molecule has 2 heterocycles. The number of nitrogens with one attached hydrogen (secondary N) is 2. The fraction of sp³-hybridized carbons (Fsp3) is 0.583. The topological polar surface area (TPSA) is 57.5 Å². The molecule has 1 aliphatic heterocycles. The quantitative estimate of drug-likeness (QED) is 0.218. The smallest absolute Gasteiger partial charge is 0.191 e. The van der Waals surface area contributed by atoms with Crippen LogP contribution in [0, 0.1) is 6.92 Å². The summed E-state index contributed by atoms with van der Waals surface area (Å²) in [5.41, 5.74) is 2.50. The first kappa shape index (κ1) is 25.6. The SMILES string of the molecule is CCNC(=NCc1cccc(Cn2ccnc2C)c1)NCCCN1CCCCC1C.I. The Morgan fingerprint density at radius 1 is 1.23 bits per heavy atom. The van der Waals surface area contributed by atoms with Crippen LogP contribution in [0.4, 0.5) is 0 Å². The minimum atomic E-state index is 0. The Morgan fingerprint density at radius 2 is 2.06 bits per heavy atom. The van der Waals surface area contributed by atoms with Crippen LogP contribution in [0.3, 0.4) is 0 Å². The third-order valence-electron chi connectivity index (χ3n) is 5.89. The molecule has 31 heavy (non-hydrogen) atoms. The first-order chi connectivity index (χ1) is 14.7. The van der Waals surface area contributed by atoms with E-state index < -0.39 is 0 Å². The summed E-state index contributed by atoms with van der Waals surface area (Å²) in [7, 11) is 0. The first-order valence-corrected chi connectivity index (χ1v) is 11.5. The van der Waals surface area contributed by atoms with E-state index in [4.69, 9.17) is 4.99 Å². The molecule has 1 atom stereocenters. The van der Waals surface area contributed by atoms with Crippen LogP contribution in [0.25, 0.3) is 0 Å². The maximum absolute atomic E-state index is 4.80. The van der Waals surface area contributed by atoms with E-state index in [0.717, 1.165) is 43.9 Å². The van der Waals surface area contributed by atoms with Gasteiger partial charge in [0.1, 0.15) is 5.82 Å². The van der Waals surface area contributed by atoms with Crippen LogP contribution in [-0.2, 0) is 13.1 Å². The summed E-state index contributed by atoms with van der Waals surface area (Å²) in [6, 6.07) is 9.41. The molecule has 7 heteroatoms. The summed E-state index contributed by atoms with van der Waals surface area (Å²) in [5, 5.41) is 6.88. The van der Waals surface area contributed by atoms with Crippen molar-refractivity contribution < 1.29 is 0 Å². The number of aliphatic imine (C=N–C) groups is 1. The molecule has 1 aromatic heterocycles. The molecule has 3 rings (SSSR count). The second-order valence-corrected chi connectivity index (χ2v) is 8.28. The molecule has 172 valence electrons. The number of nitrogens with zero attached hydrogens (tertiary/aromatic N) is 4. The largest absolute Gasteiger partial charge is 0.357 e. The maximum atomic E-state index is 4.80. The maximum Gasteiger partial charge on any atom is 0.191 e. The molecular weight excluding hydrogens is 499 g/mol. The second-order valence-electron chi connectivity index (χ2n) is 8.28. The number of hydrogen-bond donors (Lipinski definition) is 2. The summed E-state index contributed by atoms with van der Waals surface area (Å²) in [5.74, 6) is 1.94. The summed E-state index contributed by atoms with van der Waals surface area (Å²) in [4.78, 5) is 11.7. The highest BCUT2D eigenvalue weighted by Gasteiger charge is 2.17. The number of likely N-dealkylation sites (tertiary alicyclic amines) is 1. The van der Waals surface area contributed by atoms with Crippen LogP contribution in [0.2, 0.25) is 0 Å². The first-order valence-electron chi connectivity index (χ1n) is 11.5. The zero-order valence-electron chi connectivity index (χ0n) is 19.3. The van der Waals surface area contributed by atoms with E-state index in [0.29, 0.717) is 6.54 Å². The lowest BCUT2D eigenvalue weighted by Crippen LogP contribution is -2.41. The summed E-state index contributed by atoms with van der Waals surface area (Å²) in [6.07, 6.45) is 9.10. The van der Waals surface area contributed by atoms with Crippen molar-refractivity contribution in [3.05, 3.63) is 53.6 Å². The number of guanidine groups is 1. The molecule has 0 amide bonds. The molecule has 2 N–H and O–H groups in total. The minimum absolute atomic E-state index is 0. The molecule has 0 bridgehead atoms. The number of piperidine rings is 1. The molecule has 2 aromatic rings. The highest BCUT2D eigenvalue weighted by Crippen LogP contribution is 2.16. The number of halogens is 1. The fourth-order valence-electron chi connectivity index (χ4n) is 4.08. The molecule has 1 fully saturated rings. The third kappa shape index (κ3) is 8.44. The van der Waals surface area contributed by atoms with E-state index >= 15 is 0 Å². The average molecular weight is 539 g/mol. The number of imidazole rings is 1. The van der Waals surface area contributed by atoms with Crippen molar-refractivity contribution in [2.24, 2.45) is 4.99 Å². The van der Waals surface area contributed by atoms with Crippen LogP contribution in [0.1, 0.15) is 56.5 Å². The van der Waals surface area contributed by atoms with Crippen LogP contribution >= 0.6 is 24.0 Å². The molecular formula is C24H39IN6. The highest BCUT2D eigenvalue weighted by atomic mass is 127. The zero-order valence-corrected chi connectivity index (χ0v) is 21.6. The van der Waals surface area contributed by atoms with Crippen molar-refractivity contribution in [3.8, 4) is 0 Å². The molecule has 0 radical (unpaired) electrons. The Morgan fingerprint density at radius 3 is 2.81 bits per heavy atom. The number of hydrogen-bond acceptors (Lipinski definition) is 3. The Bertz CT molecular complexity index is 803. The predicted octanol–water partition coefficient (Wildman–Crippen LogP) is 4.18. The van der Waals surface area contributed by atoms with Crippen molar-refractivity contribution in [3.63, 3.8) is 0 Å². The highest BCUT2D eigenvalue weighted by molar-refractivity contribution is 14.0. The number of aromatic nitrogens is 2. The van der Waals surface area contributed by atoms with Gasteiger partial charge in [-0.3, -0.25) is 0 Å². The zero-order chi connectivity index (χ0) is 21.2. The van der Waals surface area contributed by atoms with Crippen molar-refractivity contribution in [2.75, 3.05) is 26.2 Å². The van der Waals surface area contributed by atoms with Gasteiger partial charge in [0.05, 0.1) is 6.54 Å². The van der Waals surface area contributed by atoms with Crippen LogP contribution in [0.5, 0.6) is 0 Å². The standard InChI is InChI=1S/C24H38N6.HI/c1-4-25-24(27-12-8-15-29-14-6-5-9-20(29)2)28-18-22-10-7-11-23(17-22)19-30-16-13-26-21(30)3;/h7,10-11,13,16-17,20H,4-6,8-9,12,14-15,18-19H2,1-3H3,(H2,25,27,28);1H. The molecule has 1 saturated heterocycles. The van der Waals surface area contributed by atoms with Crippen molar-refractivity contribution in [1.29, 1.82) is 0 Å². The van der Waals surface area contributed by atoms with E-state index in [9.17, 15) is 0 Å². The average Bonchev–Trinajstić information content (AvgIpc) is 3.15. The normalized spacial score (nSPS) is 17.3. The van der Waals surface area contributed by atoms with Gasteiger partial charge in [0.25, 0.3) is 0 Å². The van der Waals surface area contributed by atoms with Gasteiger partial charge in [0, 0.05) is 44.6 Å². The van der Waals surface area contributed by atoms with Crippen LogP contribution in [-0.4, -0.2) is 52.6 Å². The third-order valence-corrected chi connectivity index (χ3v) is 5.89. The van der Waals surface area contributed by atoms with Gasteiger partial charge in [0.15, 0.2) is 5.96 Å². The number of benzene rings is 1. The van der Waals surface area contributed by atoms with Crippen LogP contribution in [0.15, 0.2) is 41.7 Å². The van der Waals surface area contributed by atoms with Gasteiger partial charge in [0.2, 0.25) is 0 Å². The lowest BCUT2D eigenvalue weighted by atomic mass is 10.0. The van der Waals surface area contributed by atoms with Gasteiger partial charge in [-0.25, -0.2) is 9.98 Å². The van der Waals surface area contributed by atoms with Crippen molar-refractivity contribution in [1.82, 2.24) is 25.1 Å². The monoisotopic (exact) mass is 538 g/mol. The molecule has 0 spiro atoms. The molecule has 1 aromatic carbocycles. The number of rotatable bonds is 9. The summed E-state index contributed by atoms with van der Waals surface area (Å²) >= 11 is 0. The fourth-order valence-corrected chi connectivity index (χ4v) is 4.08. The van der Waals surface area contributed by atoms with Gasteiger partial charge in [-0.1, -0.05) is 30.7 Å². The van der Waals surface area contributed by atoms with Gasteiger partial charge in [-0.2, -0.15) is 0 Å². The van der Waals surface area contributed by atoms with Crippen LogP contribution < -0.4 is 10.6 Å². The Hall–Kier alpha value is -1.61. The molecule has 0 saturated carbocycles. The van der Waals surface area contributed by atoms with E-state index in [-0.39, 0.29) is 24.0 Å². The van der Waals surface area contributed by atoms with E-state index in [1.54, 1.807) is 0 Å².